The number of nitrogens with zero attached hydrogens (tertiary/aromatic N) is 3. The van der Waals surface area contributed by atoms with Gasteiger partial charge in [-0.25, -0.2) is 4.98 Å². The molecule has 0 amide bonds. The lowest BCUT2D eigenvalue weighted by Crippen LogP contribution is -1.99. The summed E-state index contributed by atoms with van der Waals surface area (Å²) in [5, 5.41) is 11.3. The lowest BCUT2D eigenvalue weighted by molar-refractivity contribution is 0.687. The summed E-state index contributed by atoms with van der Waals surface area (Å²) < 4.78 is 1.96. The normalized spacial score (nSPS) is 11.2. The molecule has 3 aromatic heterocycles. The van der Waals surface area contributed by atoms with Crippen LogP contribution >= 0.6 is 11.9 Å². The van der Waals surface area contributed by atoms with E-state index in [1.54, 1.807) is 0 Å². The number of hydrogen-bond donors (Lipinski definition) is 2. The monoisotopic (exact) mass is 397 g/mol. The molecule has 6 heteroatoms. The molecule has 0 spiro atoms. The van der Waals surface area contributed by atoms with Crippen LogP contribution in [0.3, 0.4) is 0 Å². The Kier molecular flexibility index (Phi) is 4.63. The van der Waals surface area contributed by atoms with Gasteiger partial charge in [-0.15, -0.1) is 0 Å². The van der Waals surface area contributed by atoms with Crippen molar-refractivity contribution in [3.8, 4) is 22.3 Å². The molecule has 5 nitrogen and oxygen atoms in total. The van der Waals surface area contributed by atoms with Gasteiger partial charge < -0.3 is 4.98 Å². The van der Waals surface area contributed by atoms with E-state index in [4.69, 9.17) is 5.14 Å². The van der Waals surface area contributed by atoms with Crippen LogP contribution in [-0.2, 0) is 6.54 Å². The second-order valence-corrected chi connectivity index (χ2v) is 7.58. The standard InChI is InChI=1S/C23H19N5S/c24-29-20-8-6-17(7-9-20)18-10-21-22(13-26-23(21)25-11-18)19-12-27-28(15-19)14-16-4-2-1-3-5-16/h1-13,15H,14,24H2,(H,25,26). The Morgan fingerprint density at radius 1 is 0.931 bits per heavy atom. The summed E-state index contributed by atoms with van der Waals surface area (Å²) in [4.78, 5) is 8.92. The molecule has 0 saturated heterocycles. The highest BCUT2D eigenvalue weighted by atomic mass is 32.2. The number of aromatic nitrogens is 4. The van der Waals surface area contributed by atoms with E-state index in [2.05, 4.69) is 51.6 Å². The van der Waals surface area contributed by atoms with Gasteiger partial charge in [-0.2, -0.15) is 5.10 Å². The van der Waals surface area contributed by atoms with Crippen molar-refractivity contribution in [1.82, 2.24) is 19.7 Å². The summed E-state index contributed by atoms with van der Waals surface area (Å²) in [5.74, 6) is 0. The second-order valence-electron chi connectivity index (χ2n) is 6.88. The average molecular weight is 398 g/mol. The van der Waals surface area contributed by atoms with Crippen molar-refractivity contribution in [3.05, 3.63) is 91.0 Å². The minimum Gasteiger partial charge on any atom is -0.346 e. The molecule has 0 unspecified atom stereocenters. The SMILES string of the molecule is NSc1ccc(-c2cnc3[nH]cc(-c4cnn(Cc5ccccc5)c4)c3c2)cc1. The highest BCUT2D eigenvalue weighted by Crippen LogP contribution is 2.31. The fourth-order valence-corrected chi connectivity index (χ4v) is 3.78. The quantitative estimate of drug-likeness (QED) is 0.404. The summed E-state index contributed by atoms with van der Waals surface area (Å²) in [5.41, 5.74) is 6.45. The summed E-state index contributed by atoms with van der Waals surface area (Å²) in [7, 11) is 0. The molecule has 0 saturated carbocycles. The summed E-state index contributed by atoms with van der Waals surface area (Å²) in [6.45, 7) is 0.748. The average Bonchev–Trinajstić information content (AvgIpc) is 3.41. The zero-order valence-electron chi connectivity index (χ0n) is 15.6. The van der Waals surface area contributed by atoms with Gasteiger partial charge in [0, 0.05) is 45.6 Å². The number of fused-ring (bicyclic) bond motifs is 1. The molecule has 0 atom stereocenters. The Labute approximate surface area is 172 Å². The molecule has 5 aromatic rings. The van der Waals surface area contributed by atoms with Crippen molar-refractivity contribution in [3.63, 3.8) is 0 Å². The Morgan fingerprint density at radius 2 is 1.76 bits per heavy atom. The van der Waals surface area contributed by atoms with E-state index in [1.807, 2.05) is 53.6 Å². The van der Waals surface area contributed by atoms with Crippen molar-refractivity contribution in [2.75, 3.05) is 0 Å². The van der Waals surface area contributed by atoms with Crippen LogP contribution in [0.4, 0.5) is 0 Å². The van der Waals surface area contributed by atoms with Crippen molar-refractivity contribution >= 4 is 23.0 Å². The third-order valence-electron chi connectivity index (χ3n) is 4.99. The molecule has 0 aliphatic heterocycles. The van der Waals surface area contributed by atoms with E-state index in [0.29, 0.717) is 0 Å². The molecule has 3 heterocycles. The predicted octanol–water partition coefficient (Wildman–Crippen LogP) is 5.11. The number of benzene rings is 2. The van der Waals surface area contributed by atoms with E-state index in [0.717, 1.165) is 44.7 Å². The van der Waals surface area contributed by atoms with Crippen LogP contribution in [0.2, 0.25) is 0 Å². The summed E-state index contributed by atoms with van der Waals surface area (Å²) >= 11 is 1.25. The molecule has 0 aliphatic rings. The van der Waals surface area contributed by atoms with E-state index in [-0.39, 0.29) is 0 Å². The number of pyridine rings is 1. The number of nitrogens with one attached hydrogen (secondary N) is 1. The highest BCUT2D eigenvalue weighted by molar-refractivity contribution is 7.97. The molecule has 29 heavy (non-hydrogen) atoms. The summed E-state index contributed by atoms with van der Waals surface area (Å²) in [6, 6.07) is 20.7. The highest BCUT2D eigenvalue weighted by Gasteiger charge is 2.11. The van der Waals surface area contributed by atoms with Crippen molar-refractivity contribution in [2.24, 2.45) is 5.14 Å². The zero-order chi connectivity index (χ0) is 19.6. The molecule has 3 N–H and O–H groups in total. The lowest BCUT2D eigenvalue weighted by atomic mass is 10.0. The topological polar surface area (TPSA) is 72.5 Å². The maximum Gasteiger partial charge on any atom is 0.137 e. The lowest BCUT2D eigenvalue weighted by Gasteiger charge is -2.04. The van der Waals surface area contributed by atoms with Crippen LogP contribution in [0, 0.1) is 0 Å². The molecule has 0 radical (unpaired) electrons. The molecular weight excluding hydrogens is 378 g/mol. The third kappa shape index (κ3) is 3.55. The third-order valence-corrected chi connectivity index (χ3v) is 5.53. The molecule has 0 aliphatic carbocycles. The minimum atomic E-state index is 0.748. The predicted molar refractivity (Wildman–Crippen MR) is 118 cm³/mol. The number of aromatic amines is 1. The zero-order valence-corrected chi connectivity index (χ0v) is 16.4. The van der Waals surface area contributed by atoms with Gasteiger partial charge in [-0.3, -0.25) is 9.82 Å². The number of rotatable bonds is 5. The first-order chi connectivity index (χ1) is 14.3. The van der Waals surface area contributed by atoms with Gasteiger partial charge in [-0.1, -0.05) is 42.5 Å². The fraction of sp³-hybridized carbons (Fsp3) is 0.0435. The van der Waals surface area contributed by atoms with Crippen molar-refractivity contribution in [2.45, 2.75) is 11.4 Å². The maximum absolute atomic E-state index is 5.63. The van der Waals surface area contributed by atoms with Crippen molar-refractivity contribution < 1.29 is 0 Å². The van der Waals surface area contributed by atoms with E-state index < -0.39 is 0 Å². The van der Waals surface area contributed by atoms with Crippen LogP contribution in [-0.4, -0.2) is 19.7 Å². The van der Waals surface area contributed by atoms with Gasteiger partial charge in [0.15, 0.2) is 0 Å². The summed E-state index contributed by atoms with van der Waals surface area (Å²) in [6.07, 6.45) is 7.88. The molecule has 142 valence electrons. The number of H-pyrrole nitrogens is 1. The van der Waals surface area contributed by atoms with Gasteiger partial charge in [0.25, 0.3) is 0 Å². The van der Waals surface area contributed by atoms with Crippen LogP contribution in [0.25, 0.3) is 33.3 Å². The van der Waals surface area contributed by atoms with Crippen LogP contribution < -0.4 is 5.14 Å². The Bertz CT molecular complexity index is 1260. The van der Waals surface area contributed by atoms with Gasteiger partial charge in [0.2, 0.25) is 0 Å². The van der Waals surface area contributed by atoms with Gasteiger partial charge in [-0.05, 0) is 41.3 Å². The van der Waals surface area contributed by atoms with Gasteiger partial charge >= 0.3 is 0 Å². The first-order valence-electron chi connectivity index (χ1n) is 9.31. The second kappa shape index (κ2) is 7.58. The first-order valence-corrected chi connectivity index (χ1v) is 10.2. The minimum absolute atomic E-state index is 0.748. The van der Waals surface area contributed by atoms with Crippen LogP contribution in [0.5, 0.6) is 0 Å². The van der Waals surface area contributed by atoms with Gasteiger partial charge in [0.1, 0.15) is 5.65 Å². The Balaban J connectivity index is 1.49. The van der Waals surface area contributed by atoms with E-state index >= 15 is 0 Å². The maximum atomic E-state index is 5.63. The molecule has 0 bridgehead atoms. The van der Waals surface area contributed by atoms with E-state index in [9.17, 15) is 0 Å². The smallest absolute Gasteiger partial charge is 0.137 e. The number of nitrogens with two attached hydrogens (primary N) is 1. The molecule has 2 aromatic carbocycles. The molecule has 0 fully saturated rings. The Hall–Kier alpha value is -3.35. The van der Waals surface area contributed by atoms with Crippen molar-refractivity contribution in [1.29, 1.82) is 0 Å². The van der Waals surface area contributed by atoms with Gasteiger partial charge in [0.05, 0.1) is 12.7 Å². The molecule has 5 rings (SSSR count). The molecular formula is C23H19N5S. The fourth-order valence-electron chi connectivity index (χ4n) is 3.49. The van der Waals surface area contributed by atoms with Crippen LogP contribution in [0.1, 0.15) is 5.56 Å². The first kappa shape index (κ1) is 17.7. The Morgan fingerprint density at radius 3 is 2.55 bits per heavy atom. The van der Waals surface area contributed by atoms with Crippen LogP contribution in [0.15, 0.2) is 90.3 Å². The largest absolute Gasteiger partial charge is 0.346 e. The number of hydrogen-bond acceptors (Lipinski definition) is 4. The van der Waals surface area contributed by atoms with E-state index in [1.165, 1.54) is 17.5 Å².